The van der Waals surface area contributed by atoms with Crippen molar-refractivity contribution in [3.63, 3.8) is 0 Å². The predicted molar refractivity (Wildman–Crippen MR) is 75.0 cm³/mol. The summed E-state index contributed by atoms with van der Waals surface area (Å²) in [5, 5.41) is 7.03. The summed E-state index contributed by atoms with van der Waals surface area (Å²) in [6.07, 6.45) is 2.43. The van der Waals surface area contributed by atoms with Gasteiger partial charge in [-0.15, -0.1) is 0 Å². The molecule has 17 heavy (non-hydrogen) atoms. The second-order valence-corrected chi connectivity index (χ2v) is 5.06. The minimum Gasteiger partial charge on any atom is -0.382 e. The quantitative estimate of drug-likeness (QED) is 0.838. The molecule has 0 spiro atoms. The molecule has 0 saturated carbocycles. The number of benzene rings is 1. The van der Waals surface area contributed by atoms with E-state index in [1.165, 1.54) is 29.8 Å². The Bertz CT molecular complexity index is 368. The number of hydrogen-bond donors (Lipinski definition) is 2. The van der Waals surface area contributed by atoms with Crippen LogP contribution in [0.25, 0.3) is 0 Å². The number of aryl methyl sites for hydroxylation is 1. The first kappa shape index (κ1) is 12.2. The number of piperidine rings is 1. The molecule has 1 aliphatic rings. The third-order valence-electron chi connectivity index (χ3n) is 3.40. The number of hydrogen-bond acceptors (Lipinski definition) is 3. The molecule has 1 heterocycles. The van der Waals surface area contributed by atoms with Gasteiger partial charge in [0.2, 0.25) is 0 Å². The smallest absolute Gasteiger partial charge is 0.0411 e. The van der Waals surface area contributed by atoms with E-state index >= 15 is 0 Å². The first-order valence-corrected chi connectivity index (χ1v) is 6.42. The fourth-order valence-electron chi connectivity index (χ4n) is 2.38. The van der Waals surface area contributed by atoms with Crippen molar-refractivity contribution >= 4 is 11.4 Å². The molecule has 3 nitrogen and oxygen atoms in total. The molecule has 94 valence electrons. The summed E-state index contributed by atoms with van der Waals surface area (Å²) in [6, 6.07) is 7.24. The summed E-state index contributed by atoms with van der Waals surface area (Å²) >= 11 is 0. The van der Waals surface area contributed by atoms with Gasteiger partial charge in [-0.2, -0.15) is 0 Å². The van der Waals surface area contributed by atoms with Crippen molar-refractivity contribution in [3.8, 4) is 0 Å². The van der Waals surface area contributed by atoms with Crippen LogP contribution in [0.15, 0.2) is 18.2 Å². The van der Waals surface area contributed by atoms with Crippen LogP contribution in [0.2, 0.25) is 0 Å². The number of rotatable bonds is 3. The SMILES string of the molecule is Cc1ccc(NC2CCNCC2)cc1N(C)C. The number of anilines is 2. The minimum atomic E-state index is 0.619. The third kappa shape index (κ3) is 3.13. The van der Waals surface area contributed by atoms with Gasteiger partial charge in [-0.05, 0) is 50.6 Å². The van der Waals surface area contributed by atoms with Crippen LogP contribution in [0.1, 0.15) is 18.4 Å². The molecule has 1 saturated heterocycles. The Morgan fingerprint density at radius 3 is 2.59 bits per heavy atom. The molecule has 2 N–H and O–H groups in total. The minimum absolute atomic E-state index is 0.619. The van der Waals surface area contributed by atoms with Gasteiger partial charge in [0, 0.05) is 31.5 Å². The molecular weight excluding hydrogens is 210 g/mol. The standard InChI is InChI=1S/C14H23N3/c1-11-4-5-13(10-14(11)17(2)3)16-12-6-8-15-9-7-12/h4-5,10,12,15-16H,6-9H2,1-3H3. The van der Waals surface area contributed by atoms with E-state index in [9.17, 15) is 0 Å². The maximum absolute atomic E-state index is 3.64. The zero-order valence-corrected chi connectivity index (χ0v) is 11.1. The Hall–Kier alpha value is -1.22. The average Bonchev–Trinajstić information content (AvgIpc) is 2.32. The Balaban J connectivity index is 2.07. The van der Waals surface area contributed by atoms with Crippen LogP contribution in [0.5, 0.6) is 0 Å². The molecule has 0 aromatic heterocycles. The molecule has 3 heteroatoms. The Morgan fingerprint density at radius 2 is 1.94 bits per heavy atom. The zero-order valence-electron chi connectivity index (χ0n) is 11.1. The lowest BCUT2D eigenvalue weighted by molar-refractivity contribution is 0.479. The third-order valence-corrected chi connectivity index (χ3v) is 3.40. The van der Waals surface area contributed by atoms with E-state index in [0.717, 1.165) is 13.1 Å². The molecule has 2 rings (SSSR count). The highest BCUT2D eigenvalue weighted by atomic mass is 15.1. The zero-order chi connectivity index (χ0) is 12.3. The lowest BCUT2D eigenvalue weighted by Gasteiger charge is -2.25. The summed E-state index contributed by atoms with van der Waals surface area (Å²) in [5.41, 5.74) is 3.86. The lowest BCUT2D eigenvalue weighted by Crippen LogP contribution is -2.35. The van der Waals surface area contributed by atoms with Gasteiger partial charge in [0.1, 0.15) is 0 Å². The summed E-state index contributed by atoms with van der Waals surface area (Å²) in [7, 11) is 4.19. The number of nitrogens with one attached hydrogen (secondary N) is 2. The van der Waals surface area contributed by atoms with Crippen LogP contribution >= 0.6 is 0 Å². The molecule has 1 aromatic carbocycles. The van der Waals surface area contributed by atoms with E-state index < -0.39 is 0 Å². The Labute approximate surface area is 104 Å². The van der Waals surface area contributed by atoms with Crippen LogP contribution < -0.4 is 15.5 Å². The molecule has 1 fully saturated rings. The summed E-state index contributed by atoms with van der Waals surface area (Å²) in [5.74, 6) is 0. The topological polar surface area (TPSA) is 27.3 Å². The second-order valence-electron chi connectivity index (χ2n) is 5.06. The molecule has 0 bridgehead atoms. The van der Waals surface area contributed by atoms with Crippen molar-refractivity contribution < 1.29 is 0 Å². The van der Waals surface area contributed by atoms with Crippen molar-refractivity contribution in [2.45, 2.75) is 25.8 Å². The maximum Gasteiger partial charge on any atom is 0.0411 e. The van der Waals surface area contributed by atoms with Crippen LogP contribution in [0.3, 0.4) is 0 Å². The largest absolute Gasteiger partial charge is 0.382 e. The summed E-state index contributed by atoms with van der Waals surface area (Å²) in [6.45, 7) is 4.41. The number of nitrogens with zero attached hydrogens (tertiary/aromatic N) is 1. The van der Waals surface area contributed by atoms with Gasteiger partial charge in [-0.1, -0.05) is 6.07 Å². The van der Waals surface area contributed by atoms with Crippen LogP contribution in [0.4, 0.5) is 11.4 Å². The van der Waals surface area contributed by atoms with Crippen LogP contribution in [-0.2, 0) is 0 Å². The van der Waals surface area contributed by atoms with Crippen molar-refractivity contribution in [3.05, 3.63) is 23.8 Å². The molecule has 1 aromatic rings. The highest BCUT2D eigenvalue weighted by molar-refractivity contribution is 5.62. The average molecular weight is 233 g/mol. The van der Waals surface area contributed by atoms with E-state index in [0.29, 0.717) is 6.04 Å². The van der Waals surface area contributed by atoms with Gasteiger partial charge < -0.3 is 15.5 Å². The van der Waals surface area contributed by atoms with Crippen molar-refractivity contribution in [1.29, 1.82) is 0 Å². The van der Waals surface area contributed by atoms with Gasteiger partial charge in [-0.25, -0.2) is 0 Å². The summed E-state index contributed by atoms with van der Waals surface area (Å²) < 4.78 is 0. The maximum atomic E-state index is 3.64. The summed E-state index contributed by atoms with van der Waals surface area (Å²) in [4.78, 5) is 2.17. The first-order valence-electron chi connectivity index (χ1n) is 6.42. The second kappa shape index (κ2) is 5.41. The Kier molecular flexibility index (Phi) is 3.89. The fraction of sp³-hybridized carbons (Fsp3) is 0.571. The fourth-order valence-corrected chi connectivity index (χ4v) is 2.38. The normalized spacial score (nSPS) is 16.9. The van der Waals surface area contributed by atoms with E-state index in [2.05, 4.69) is 54.8 Å². The monoisotopic (exact) mass is 233 g/mol. The highest BCUT2D eigenvalue weighted by Crippen LogP contribution is 2.23. The van der Waals surface area contributed by atoms with Gasteiger partial charge in [0.05, 0.1) is 0 Å². The van der Waals surface area contributed by atoms with Gasteiger partial charge in [0.15, 0.2) is 0 Å². The highest BCUT2D eigenvalue weighted by Gasteiger charge is 2.12. The van der Waals surface area contributed by atoms with Crippen LogP contribution in [0, 0.1) is 6.92 Å². The van der Waals surface area contributed by atoms with Crippen LogP contribution in [-0.4, -0.2) is 33.2 Å². The lowest BCUT2D eigenvalue weighted by atomic mass is 10.1. The first-order chi connectivity index (χ1) is 8.16. The van der Waals surface area contributed by atoms with E-state index in [1.807, 2.05) is 0 Å². The Morgan fingerprint density at radius 1 is 1.24 bits per heavy atom. The molecule has 0 amide bonds. The predicted octanol–water partition coefficient (Wildman–Crippen LogP) is 2.22. The van der Waals surface area contributed by atoms with Gasteiger partial charge >= 0.3 is 0 Å². The molecule has 0 aliphatic carbocycles. The van der Waals surface area contributed by atoms with Gasteiger partial charge in [0.25, 0.3) is 0 Å². The van der Waals surface area contributed by atoms with E-state index in [1.54, 1.807) is 0 Å². The molecule has 0 atom stereocenters. The molecular formula is C14H23N3. The van der Waals surface area contributed by atoms with Gasteiger partial charge in [-0.3, -0.25) is 0 Å². The molecule has 0 radical (unpaired) electrons. The van der Waals surface area contributed by atoms with Crippen molar-refractivity contribution in [1.82, 2.24) is 5.32 Å². The molecule has 1 aliphatic heterocycles. The molecule has 0 unspecified atom stereocenters. The van der Waals surface area contributed by atoms with Crippen molar-refractivity contribution in [2.75, 3.05) is 37.4 Å². The van der Waals surface area contributed by atoms with E-state index in [4.69, 9.17) is 0 Å². The van der Waals surface area contributed by atoms with Crippen molar-refractivity contribution in [2.24, 2.45) is 0 Å². The van der Waals surface area contributed by atoms with E-state index in [-0.39, 0.29) is 0 Å².